The molecule has 1 aromatic heterocycles. The molecule has 1 aromatic carbocycles. The van der Waals surface area contributed by atoms with Crippen molar-refractivity contribution >= 4 is 17.6 Å². The number of aromatic nitrogens is 2. The van der Waals surface area contributed by atoms with Gasteiger partial charge in [-0.2, -0.15) is 0 Å². The first kappa shape index (κ1) is 22.9. The highest BCUT2D eigenvalue weighted by atomic mass is 35.5. The van der Waals surface area contributed by atoms with Gasteiger partial charge in [-0.1, -0.05) is 31.5 Å². The van der Waals surface area contributed by atoms with Crippen molar-refractivity contribution in [3.63, 3.8) is 0 Å². The van der Waals surface area contributed by atoms with E-state index >= 15 is 0 Å². The normalized spacial score (nSPS) is 16.7. The molecule has 0 radical (unpaired) electrons. The fourth-order valence-electron chi connectivity index (χ4n) is 3.96. The smallest absolute Gasteiger partial charge is 0.318 e. The molecule has 32 heavy (non-hydrogen) atoms. The monoisotopic (exact) mass is 459 g/mol. The lowest BCUT2D eigenvalue weighted by atomic mass is 10.1. The van der Waals surface area contributed by atoms with Gasteiger partial charge in [-0.05, 0) is 60.9 Å². The summed E-state index contributed by atoms with van der Waals surface area (Å²) in [6.07, 6.45) is 5.96. The topological polar surface area (TPSA) is 70.2 Å². The molecule has 1 saturated carbocycles. The maximum absolute atomic E-state index is 13.7. The number of rotatable bonds is 8. The first-order valence-electron chi connectivity index (χ1n) is 11.4. The zero-order valence-electron chi connectivity index (χ0n) is 18.7. The minimum atomic E-state index is -0.462. The predicted molar refractivity (Wildman–Crippen MR) is 123 cm³/mol. The Morgan fingerprint density at radius 1 is 1.34 bits per heavy atom. The minimum Gasteiger partial charge on any atom is -0.330 e. The molecule has 0 saturated heterocycles. The molecule has 1 fully saturated rings. The van der Waals surface area contributed by atoms with E-state index in [9.17, 15) is 9.18 Å². The van der Waals surface area contributed by atoms with E-state index < -0.39 is 5.82 Å². The largest absolute Gasteiger partial charge is 0.330 e. The van der Waals surface area contributed by atoms with E-state index in [1.54, 1.807) is 17.0 Å². The van der Waals surface area contributed by atoms with Crippen molar-refractivity contribution < 1.29 is 9.18 Å². The molecule has 1 aliphatic heterocycles. The van der Waals surface area contributed by atoms with Crippen LogP contribution >= 0.6 is 11.6 Å². The lowest BCUT2D eigenvalue weighted by Crippen LogP contribution is -2.46. The number of benzene rings is 1. The number of carbonyl (C=O) groups is 1. The van der Waals surface area contributed by atoms with Gasteiger partial charge in [-0.3, -0.25) is 0 Å². The van der Waals surface area contributed by atoms with Crippen molar-refractivity contribution in [1.82, 2.24) is 25.5 Å². The molecule has 1 atom stereocenters. The minimum absolute atomic E-state index is 0.0604. The van der Waals surface area contributed by atoms with Gasteiger partial charge in [0, 0.05) is 25.7 Å². The molecule has 0 bridgehead atoms. The molecular weight excluding hydrogens is 429 g/mol. The van der Waals surface area contributed by atoms with Crippen LogP contribution in [0.5, 0.6) is 0 Å². The third-order valence-electron chi connectivity index (χ3n) is 6.00. The highest BCUT2D eigenvalue weighted by Gasteiger charge is 2.26. The standard InChI is InChI=1S/C24H31ClFN5O/c1-15(2)9-23-28-12-18-7-8-31(14-22(18)29-23)24(32)30-21(13-27-11-16-3-4-16)17-5-6-20(26)19(25)10-17/h5-6,10,12,15-16,21,27H,3-4,7-9,11,13-14H2,1-2H3,(H,30,32)/t21-/m1/s1. The molecule has 1 aliphatic carbocycles. The molecule has 4 rings (SSSR count). The van der Waals surface area contributed by atoms with Gasteiger partial charge in [0.1, 0.15) is 11.6 Å². The number of urea groups is 1. The summed E-state index contributed by atoms with van der Waals surface area (Å²) in [5, 5.41) is 6.62. The Morgan fingerprint density at radius 2 is 2.16 bits per heavy atom. The van der Waals surface area contributed by atoms with Gasteiger partial charge in [0.15, 0.2) is 0 Å². The van der Waals surface area contributed by atoms with Gasteiger partial charge < -0.3 is 15.5 Å². The van der Waals surface area contributed by atoms with Gasteiger partial charge >= 0.3 is 6.03 Å². The molecular formula is C24H31ClFN5O. The number of hydrogen-bond donors (Lipinski definition) is 2. The molecule has 2 heterocycles. The van der Waals surface area contributed by atoms with Crippen molar-refractivity contribution in [3.8, 4) is 0 Å². The van der Waals surface area contributed by atoms with E-state index in [-0.39, 0.29) is 17.1 Å². The molecule has 2 aliphatic rings. The van der Waals surface area contributed by atoms with Crippen LogP contribution in [0.4, 0.5) is 9.18 Å². The van der Waals surface area contributed by atoms with E-state index in [2.05, 4.69) is 29.5 Å². The highest BCUT2D eigenvalue weighted by Crippen LogP contribution is 2.28. The molecule has 2 aromatic rings. The molecule has 0 unspecified atom stereocenters. The average molecular weight is 460 g/mol. The molecule has 6 nitrogen and oxygen atoms in total. The SMILES string of the molecule is CC(C)Cc1ncc2c(n1)CN(C(=O)N[C@H](CNCC1CC1)c1ccc(F)c(Cl)c1)CC2. The first-order valence-corrected chi connectivity index (χ1v) is 11.8. The van der Waals surface area contributed by atoms with Crippen LogP contribution < -0.4 is 10.6 Å². The molecule has 0 spiro atoms. The second-order valence-corrected chi connectivity index (χ2v) is 9.71. The summed E-state index contributed by atoms with van der Waals surface area (Å²) in [6.45, 7) is 6.84. The van der Waals surface area contributed by atoms with Crippen molar-refractivity contribution in [2.45, 2.75) is 52.1 Å². The molecule has 2 amide bonds. The highest BCUT2D eigenvalue weighted by molar-refractivity contribution is 6.30. The predicted octanol–water partition coefficient (Wildman–Crippen LogP) is 4.28. The summed E-state index contributed by atoms with van der Waals surface area (Å²) in [7, 11) is 0. The summed E-state index contributed by atoms with van der Waals surface area (Å²) in [5.41, 5.74) is 2.81. The third kappa shape index (κ3) is 5.95. The number of nitrogens with one attached hydrogen (secondary N) is 2. The molecule has 172 valence electrons. The van der Waals surface area contributed by atoms with Crippen LogP contribution in [-0.4, -0.2) is 40.5 Å². The van der Waals surface area contributed by atoms with Crippen LogP contribution in [0.1, 0.15) is 55.4 Å². The average Bonchev–Trinajstić information content (AvgIpc) is 3.58. The van der Waals surface area contributed by atoms with Crippen molar-refractivity contribution in [2.24, 2.45) is 11.8 Å². The Balaban J connectivity index is 1.44. The summed E-state index contributed by atoms with van der Waals surface area (Å²) < 4.78 is 13.7. The van der Waals surface area contributed by atoms with Gasteiger partial charge in [-0.25, -0.2) is 19.2 Å². The van der Waals surface area contributed by atoms with Crippen molar-refractivity contribution in [2.75, 3.05) is 19.6 Å². The summed E-state index contributed by atoms with van der Waals surface area (Å²) in [5.74, 6) is 1.56. The van der Waals surface area contributed by atoms with Crippen LogP contribution in [0.25, 0.3) is 0 Å². The van der Waals surface area contributed by atoms with E-state index in [0.717, 1.165) is 47.9 Å². The number of carbonyl (C=O) groups excluding carboxylic acids is 1. The van der Waals surface area contributed by atoms with Gasteiger partial charge in [-0.15, -0.1) is 0 Å². The van der Waals surface area contributed by atoms with E-state index in [0.29, 0.717) is 25.6 Å². The first-order chi connectivity index (χ1) is 15.4. The summed E-state index contributed by atoms with van der Waals surface area (Å²) >= 11 is 6.01. The lowest BCUT2D eigenvalue weighted by Gasteiger charge is -2.30. The molecule has 2 N–H and O–H groups in total. The maximum Gasteiger partial charge on any atom is 0.318 e. The van der Waals surface area contributed by atoms with Crippen molar-refractivity contribution in [1.29, 1.82) is 0 Å². The maximum atomic E-state index is 13.7. The third-order valence-corrected chi connectivity index (χ3v) is 6.29. The second kappa shape index (κ2) is 10.1. The zero-order valence-corrected chi connectivity index (χ0v) is 19.5. The van der Waals surface area contributed by atoms with Crippen LogP contribution in [0.2, 0.25) is 5.02 Å². The van der Waals surface area contributed by atoms with Gasteiger partial charge in [0.2, 0.25) is 0 Å². The summed E-state index contributed by atoms with van der Waals surface area (Å²) in [6, 6.07) is 4.17. The molecule has 8 heteroatoms. The summed E-state index contributed by atoms with van der Waals surface area (Å²) in [4.78, 5) is 24.1. The van der Waals surface area contributed by atoms with E-state index in [1.807, 2.05) is 6.20 Å². The lowest BCUT2D eigenvalue weighted by molar-refractivity contribution is 0.186. The van der Waals surface area contributed by atoms with Crippen LogP contribution in [0.15, 0.2) is 24.4 Å². The number of amides is 2. The Kier molecular flexibility index (Phi) is 7.26. The van der Waals surface area contributed by atoms with Gasteiger partial charge in [0.05, 0.1) is 23.3 Å². The quantitative estimate of drug-likeness (QED) is 0.618. The van der Waals surface area contributed by atoms with Crippen molar-refractivity contribution in [3.05, 3.63) is 57.9 Å². The Hall–Kier alpha value is -2.25. The van der Waals surface area contributed by atoms with E-state index in [4.69, 9.17) is 16.6 Å². The second-order valence-electron chi connectivity index (χ2n) is 9.30. The fourth-order valence-corrected chi connectivity index (χ4v) is 4.15. The number of hydrogen-bond acceptors (Lipinski definition) is 4. The number of fused-ring (bicyclic) bond motifs is 1. The van der Waals surface area contributed by atoms with Crippen LogP contribution in [0.3, 0.4) is 0 Å². The Morgan fingerprint density at radius 3 is 2.88 bits per heavy atom. The Bertz CT molecular complexity index is 965. The number of nitrogens with zero attached hydrogens (tertiary/aromatic N) is 3. The number of halogens is 2. The Labute approximate surface area is 194 Å². The van der Waals surface area contributed by atoms with Crippen LogP contribution in [-0.2, 0) is 19.4 Å². The van der Waals surface area contributed by atoms with E-state index in [1.165, 1.54) is 18.9 Å². The zero-order chi connectivity index (χ0) is 22.7. The fraction of sp³-hybridized carbons (Fsp3) is 0.542. The van der Waals surface area contributed by atoms with Crippen LogP contribution in [0, 0.1) is 17.7 Å². The van der Waals surface area contributed by atoms with Gasteiger partial charge in [0.25, 0.3) is 0 Å².